The molecule has 1 aliphatic rings. The summed E-state index contributed by atoms with van der Waals surface area (Å²) in [5, 5.41) is 5.52. The maximum absolute atomic E-state index is 12.6. The molecule has 0 unspecified atom stereocenters. The normalized spacial score (nSPS) is 18.3. The lowest BCUT2D eigenvalue weighted by Crippen LogP contribution is -2.40. The van der Waals surface area contributed by atoms with E-state index in [1.807, 2.05) is 13.0 Å². The summed E-state index contributed by atoms with van der Waals surface area (Å²) < 4.78 is 0. The lowest BCUT2D eigenvalue weighted by molar-refractivity contribution is -0.120. The molecule has 2 aromatic rings. The number of benzene rings is 2. The molecule has 136 valence electrons. The Morgan fingerprint density at radius 1 is 1.12 bits per heavy atom. The Bertz CT molecular complexity index is 776. The lowest BCUT2D eigenvalue weighted by atomic mass is 9.99. The van der Waals surface area contributed by atoms with Crippen LogP contribution in [0.15, 0.2) is 54.6 Å². The first-order valence-electron chi connectivity index (χ1n) is 9.00. The first-order valence-corrected chi connectivity index (χ1v) is 9.00. The van der Waals surface area contributed by atoms with Crippen molar-refractivity contribution in [2.45, 2.75) is 25.3 Å². The molecule has 0 aromatic heterocycles. The number of rotatable bonds is 5. The zero-order valence-corrected chi connectivity index (χ0v) is 15.2. The van der Waals surface area contributed by atoms with Crippen LogP contribution in [0.4, 0.5) is 5.69 Å². The number of anilines is 1. The van der Waals surface area contributed by atoms with E-state index in [1.165, 1.54) is 5.56 Å². The quantitative estimate of drug-likeness (QED) is 0.871. The van der Waals surface area contributed by atoms with Crippen LogP contribution in [0.2, 0.25) is 0 Å². The molecule has 2 amide bonds. The smallest absolute Gasteiger partial charge is 0.251 e. The maximum Gasteiger partial charge on any atom is 0.251 e. The van der Waals surface area contributed by atoms with Gasteiger partial charge in [-0.3, -0.25) is 14.5 Å². The van der Waals surface area contributed by atoms with Crippen molar-refractivity contribution in [2.24, 2.45) is 0 Å². The minimum atomic E-state index is -0.215. The zero-order chi connectivity index (χ0) is 18.5. The minimum Gasteiger partial charge on any atom is -0.355 e. The fraction of sp³-hybridized carbons (Fsp3) is 0.333. The Balaban J connectivity index is 1.61. The van der Waals surface area contributed by atoms with E-state index in [2.05, 4.69) is 39.8 Å². The third-order valence-electron chi connectivity index (χ3n) is 5.04. The highest BCUT2D eigenvalue weighted by Crippen LogP contribution is 2.28. The summed E-state index contributed by atoms with van der Waals surface area (Å²) in [7, 11) is 1.59. The van der Waals surface area contributed by atoms with Crippen LogP contribution in [0.3, 0.4) is 0 Å². The van der Waals surface area contributed by atoms with Crippen molar-refractivity contribution in [2.75, 3.05) is 25.5 Å². The van der Waals surface area contributed by atoms with Crippen molar-refractivity contribution < 1.29 is 9.59 Å². The summed E-state index contributed by atoms with van der Waals surface area (Å²) >= 11 is 0. The molecular weight excluding hydrogens is 326 g/mol. The number of nitrogens with zero attached hydrogens (tertiary/aromatic N) is 1. The summed E-state index contributed by atoms with van der Waals surface area (Å²) in [5.74, 6) is 0.259. The van der Waals surface area contributed by atoms with Crippen LogP contribution in [0.5, 0.6) is 0 Å². The van der Waals surface area contributed by atoms with Crippen LogP contribution < -0.4 is 10.6 Å². The molecule has 2 atom stereocenters. The lowest BCUT2D eigenvalue weighted by Gasteiger charge is -2.23. The van der Waals surface area contributed by atoms with E-state index in [4.69, 9.17) is 0 Å². The molecule has 2 aromatic carbocycles. The highest BCUT2D eigenvalue weighted by molar-refractivity contribution is 5.98. The Morgan fingerprint density at radius 3 is 2.62 bits per heavy atom. The number of hydrogen-bond acceptors (Lipinski definition) is 3. The van der Waals surface area contributed by atoms with Crippen LogP contribution in [0, 0.1) is 0 Å². The molecule has 1 aliphatic heterocycles. The van der Waals surface area contributed by atoms with Crippen molar-refractivity contribution in [1.29, 1.82) is 0 Å². The van der Waals surface area contributed by atoms with Gasteiger partial charge in [-0.1, -0.05) is 36.4 Å². The van der Waals surface area contributed by atoms with Gasteiger partial charge in [-0.05, 0) is 49.6 Å². The molecule has 26 heavy (non-hydrogen) atoms. The Labute approximate surface area is 154 Å². The van der Waals surface area contributed by atoms with Gasteiger partial charge < -0.3 is 10.6 Å². The molecule has 0 radical (unpaired) electrons. The Hall–Kier alpha value is -2.66. The van der Waals surface area contributed by atoms with Gasteiger partial charge in [0.15, 0.2) is 0 Å². The van der Waals surface area contributed by atoms with Gasteiger partial charge in [0.2, 0.25) is 5.91 Å². The monoisotopic (exact) mass is 351 g/mol. The van der Waals surface area contributed by atoms with Crippen molar-refractivity contribution in [1.82, 2.24) is 10.2 Å². The van der Waals surface area contributed by atoms with Gasteiger partial charge in [0, 0.05) is 24.8 Å². The summed E-state index contributed by atoms with van der Waals surface area (Å²) in [4.78, 5) is 26.6. The number of hydrogen-bond donors (Lipinski definition) is 2. The van der Waals surface area contributed by atoms with Gasteiger partial charge in [-0.15, -0.1) is 0 Å². The molecular formula is C21H25N3O2. The third kappa shape index (κ3) is 4.11. The van der Waals surface area contributed by atoms with Gasteiger partial charge >= 0.3 is 0 Å². The number of carbonyl (C=O) groups is 2. The second-order valence-electron chi connectivity index (χ2n) is 6.72. The zero-order valence-electron chi connectivity index (χ0n) is 15.2. The molecule has 1 fully saturated rings. The minimum absolute atomic E-state index is 0.0484. The van der Waals surface area contributed by atoms with Gasteiger partial charge in [0.05, 0.1) is 6.04 Å². The van der Waals surface area contributed by atoms with Crippen molar-refractivity contribution >= 4 is 17.5 Å². The largest absolute Gasteiger partial charge is 0.355 e. The third-order valence-corrected chi connectivity index (χ3v) is 5.04. The van der Waals surface area contributed by atoms with Gasteiger partial charge in [0.25, 0.3) is 5.91 Å². The number of carbonyl (C=O) groups excluding carboxylic acids is 2. The van der Waals surface area contributed by atoms with Crippen molar-refractivity contribution in [3.05, 3.63) is 65.7 Å². The molecule has 0 bridgehead atoms. The molecule has 1 saturated heterocycles. The fourth-order valence-electron chi connectivity index (χ4n) is 3.43. The highest BCUT2D eigenvalue weighted by atomic mass is 16.2. The molecule has 3 rings (SSSR count). The molecule has 5 nitrogen and oxygen atoms in total. The molecule has 5 heteroatoms. The average molecular weight is 351 g/mol. The molecule has 2 N–H and O–H groups in total. The van der Waals surface area contributed by atoms with Gasteiger partial charge in [-0.25, -0.2) is 0 Å². The Morgan fingerprint density at radius 2 is 1.88 bits per heavy atom. The molecule has 0 saturated carbocycles. The maximum atomic E-state index is 12.6. The van der Waals surface area contributed by atoms with E-state index < -0.39 is 0 Å². The van der Waals surface area contributed by atoms with Crippen LogP contribution in [-0.4, -0.2) is 42.9 Å². The van der Waals surface area contributed by atoms with E-state index in [1.54, 1.807) is 31.3 Å². The number of amides is 2. The predicted octanol–water partition coefficient (Wildman–Crippen LogP) is 2.86. The van der Waals surface area contributed by atoms with E-state index in [-0.39, 0.29) is 17.9 Å². The Kier molecular flexibility index (Phi) is 5.68. The van der Waals surface area contributed by atoms with E-state index in [9.17, 15) is 9.59 Å². The second-order valence-corrected chi connectivity index (χ2v) is 6.72. The van der Waals surface area contributed by atoms with E-state index in [0.29, 0.717) is 17.2 Å². The topological polar surface area (TPSA) is 61.4 Å². The van der Waals surface area contributed by atoms with Crippen molar-refractivity contribution in [3.63, 3.8) is 0 Å². The first kappa shape index (κ1) is 18.1. The van der Waals surface area contributed by atoms with Gasteiger partial charge in [-0.2, -0.15) is 0 Å². The first-order chi connectivity index (χ1) is 12.6. The average Bonchev–Trinajstić information content (AvgIpc) is 3.17. The van der Waals surface area contributed by atoms with E-state index >= 15 is 0 Å². The SMILES string of the molecule is CNC(=O)c1cccc(NC(=O)[C@H](C)N2CC[C@H](c3ccccc3)C2)c1. The highest BCUT2D eigenvalue weighted by Gasteiger charge is 2.30. The van der Waals surface area contributed by atoms with Crippen molar-refractivity contribution in [3.8, 4) is 0 Å². The summed E-state index contributed by atoms with van der Waals surface area (Å²) in [5.41, 5.74) is 2.51. The molecule has 0 aliphatic carbocycles. The summed E-state index contributed by atoms with van der Waals surface area (Å²) in [6.45, 7) is 3.73. The van der Waals surface area contributed by atoms with Crippen LogP contribution >= 0.6 is 0 Å². The predicted molar refractivity (Wildman–Crippen MR) is 103 cm³/mol. The standard InChI is InChI=1S/C21H25N3O2/c1-15(24-12-11-18(14-24)16-7-4-3-5-8-16)20(25)23-19-10-6-9-17(13-19)21(26)22-2/h3-10,13,15,18H,11-12,14H2,1-2H3,(H,22,26)(H,23,25)/t15-,18-/m0/s1. The second kappa shape index (κ2) is 8.15. The van der Waals surface area contributed by atoms with Gasteiger partial charge in [0.1, 0.15) is 0 Å². The van der Waals surface area contributed by atoms with Crippen LogP contribution in [-0.2, 0) is 4.79 Å². The van der Waals surface area contributed by atoms with Crippen LogP contribution in [0.25, 0.3) is 0 Å². The summed E-state index contributed by atoms with van der Waals surface area (Å²) in [6.07, 6.45) is 1.06. The van der Waals surface area contributed by atoms with Crippen LogP contribution in [0.1, 0.15) is 35.2 Å². The fourth-order valence-corrected chi connectivity index (χ4v) is 3.43. The number of nitrogens with one attached hydrogen (secondary N) is 2. The molecule has 1 heterocycles. The summed E-state index contributed by atoms with van der Waals surface area (Å²) in [6, 6.07) is 17.2. The number of likely N-dealkylation sites (tertiary alicyclic amines) is 1. The molecule has 0 spiro atoms. The van der Waals surface area contributed by atoms with E-state index in [0.717, 1.165) is 19.5 Å².